The Hall–Kier alpha value is -1.33. The van der Waals surface area contributed by atoms with E-state index in [9.17, 15) is 9.90 Å². The Kier molecular flexibility index (Phi) is 5.82. The Bertz CT molecular complexity index is 466. The van der Waals surface area contributed by atoms with E-state index in [2.05, 4.69) is 4.98 Å². The van der Waals surface area contributed by atoms with Crippen LogP contribution in [0.25, 0.3) is 0 Å². The first-order valence-corrected chi connectivity index (χ1v) is 7.72. The van der Waals surface area contributed by atoms with Crippen LogP contribution in [0.15, 0.2) is 18.3 Å². The fourth-order valence-electron chi connectivity index (χ4n) is 2.66. The highest BCUT2D eigenvalue weighted by Crippen LogP contribution is 2.18. The monoisotopic (exact) mass is 311 g/mol. The molecule has 1 fully saturated rings. The van der Waals surface area contributed by atoms with E-state index in [-0.39, 0.29) is 25.1 Å². The van der Waals surface area contributed by atoms with Crippen molar-refractivity contribution in [3.8, 4) is 0 Å². The number of halogens is 1. The van der Waals surface area contributed by atoms with Crippen LogP contribution in [0.3, 0.4) is 0 Å². The van der Waals surface area contributed by atoms with Gasteiger partial charge < -0.3 is 14.9 Å². The molecule has 1 N–H and O–H groups in total. The normalized spacial score (nSPS) is 19.2. The van der Waals surface area contributed by atoms with Crippen LogP contribution in [-0.4, -0.2) is 53.7 Å². The maximum absolute atomic E-state index is 12.5. The van der Waals surface area contributed by atoms with E-state index in [1.54, 1.807) is 23.2 Å². The highest BCUT2D eigenvalue weighted by Gasteiger charge is 2.25. The number of likely N-dealkylation sites (tertiary alicyclic amines) is 1. The number of hydrogen-bond acceptors (Lipinski definition) is 4. The van der Waals surface area contributed by atoms with Crippen molar-refractivity contribution >= 4 is 23.3 Å². The summed E-state index contributed by atoms with van der Waals surface area (Å²) in [6.07, 6.45) is 5.65. The number of aliphatic hydroxyl groups is 1. The van der Waals surface area contributed by atoms with Gasteiger partial charge in [0, 0.05) is 19.8 Å². The molecule has 1 aromatic rings. The van der Waals surface area contributed by atoms with Gasteiger partial charge in [0.1, 0.15) is 5.82 Å². The van der Waals surface area contributed by atoms with E-state index in [0.29, 0.717) is 10.8 Å². The van der Waals surface area contributed by atoms with Crippen molar-refractivity contribution < 1.29 is 9.90 Å². The maximum Gasteiger partial charge on any atom is 0.242 e. The first-order chi connectivity index (χ1) is 10.1. The minimum atomic E-state index is -0.0495. The third-order valence-corrected chi connectivity index (χ3v) is 4.11. The zero-order valence-electron chi connectivity index (χ0n) is 12.3. The van der Waals surface area contributed by atoms with E-state index in [1.807, 2.05) is 11.9 Å². The lowest BCUT2D eigenvalue weighted by atomic mass is 10.1. The van der Waals surface area contributed by atoms with Crippen molar-refractivity contribution in [1.82, 2.24) is 9.88 Å². The topological polar surface area (TPSA) is 56.7 Å². The van der Waals surface area contributed by atoms with E-state index in [0.717, 1.165) is 32.2 Å². The van der Waals surface area contributed by atoms with Crippen LogP contribution >= 0.6 is 11.6 Å². The fourth-order valence-corrected chi connectivity index (χ4v) is 2.78. The van der Waals surface area contributed by atoms with Crippen LogP contribution in [-0.2, 0) is 4.79 Å². The summed E-state index contributed by atoms with van der Waals surface area (Å²) >= 11 is 5.82. The summed E-state index contributed by atoms with van der Waals surface area (Å²) in [6.45, 7) is 1.02. The molecule has 1 aromatic heterocycles. The van der Waals surface area contributed by atoms with Crippen LogP contribution in [0.2, 0.25) is 5.02 Å². The number of anilines is 1. The molecular formula is C15H22ClN3O2. The number of aromatic nitrogens is 1. The number of likely N-dealkylation sites (N-methyl/N-ethyl adjacent to an activating group) is 1. The van der Waals surface area contributed by atoms with Gasteiger partial charge in [-0.3, -0.25) is 4.79 Å². The molecule has 0 spiro atoms. The predicted molar refractivity (Wildman–Crippen MR) is 83.6 cm³/mol. The average Bonchev–Trinajstić information content (AvgIpc) is 2.72. The Morgan fingerprint density at radius 1 is 1.48 bits per heavy atom. The van der Waals surface area contributed by atoms with Gasteiger partial charge in [-0.05, 0) is 25.0 Å². The van der Waals surface area contributed by atoms with Crippen LogP contribution in [0, 0.1) is 0 Å². The zero-order chi connectivity index (χ0) is 15.2. The molecule has 0 radical (unpaired) electrons. The van der Waals surface area contributed by atoms with E-state index >= 15 is 0 Å². The first kappa shape index (κ1) is 16.0. The summed E-state index contributed by atoms with van der Waals surface area (Å²) in [5.74, 6) is 0.748. The van der Waals surface area contributed by atoms with Crippen molar-refractivity contribution in [3.05, 3.63) is 23.4 Å². The fraction of sp³-hybridized carbons (Fsp3) is 0.600. The predicted octanol–water partition coefficient (Wildman–Crippen LogP) is 1.93. The summed E-state index contributed by atoms with van der Waals surface area (Å²) in [7, 11) is 1.83. The molecule has 2 heterocycles. The van der Waals surface area contributed by atoms with E-state index < -0.39 is 0 Å². The third-order valence-electron chi connectivity index (χ3n) is 3.88. The van der Waals surface area contributed by atoms with Gasteiger partial charge in [0.2, 0.25) is 5.91 Å². The molecule has 2 rings (SSSR count). The summed E-state index contributed by atoms with van der Waals surface area (Å²) in [5, 5.41) is 10.1. The SMILES string of the molecule is CN(CC(=O)N1CCCCCC1CO)c1ccc(Cl)cn1. The van der Waals surface area contributed by atoms with E-state index in [4.69, 9.17) is 11.6 Å². The van der Waals surface area contributed by atoms with Crippen molar-refractivity contribution in [1.29, 1.82) is 0 Å². The minimum Gasteiger partial charge on any atom is -0.394 e. The molecule has 116 valence electrons. The number of pyridine rings is 1. The number of rotatable bonds is 4. The molecule has 6 heteroatoms. The number of amides is 1. The summed E-state index contributed by atoms with van der Waals surface area (Å²) in [6, 6.07) is 3.50. The van der Waals surface area contributed by atoms with Gasteiger partial charge in [-0.2, -0.15) is 0 Å². The quantitative estimate of drug-likeness (QED) is 0.923. The molecule has 1 aliphatic rings. The van der Waals surface area contributed by atoms with Crippen LogP contribution in [0.1, 0.15) is 25.7 Å². The number of carbonyl (C=O) groups excluding carboxylic acids is 1. The zero-order valence-corrected chi connectivity index (χ0v) is 13.1. The first-order valence-electron chi connectivity index (χ1n) is 7.35. The molecule has 21 heavy (non-hydrogen) atoms. The molecule has 0 bridgehead atoms. The van der Waals surface area contributed by atoms with E-state index in [1.165, 1.54) is 0 Å². The van der Waals surface area contributed by atoms with Crippen molar-refractivity contribution in [2.24, 2.45) is 0 Å². The highest BCUT2D eigenvalue weighted by atomic mass is 35.5. The number of carbonyl (C=O) groups is 1. The second kappa shape index (κ2) is 7.61. The van der Waals surface area contributed by atoms with Gasteiger partial charge in [0.05, 0.1) is 24.2 Å². The summed E-state index contributed by atoms with van der Waals surface area (Å²) in [4.78, 5) is 20.3. The second-order valence-electron chi connectivity index (χ2n) is 5.46. The number of hydrogen-bond donors (Lipinski definition) is 1. The molecule has 1 aliphatic heterocycles. The van der Waals surface area contributed by atoms with Crippen LogP contribution < -0.4 is 4.90 Å². The van der Waals surface area contributed by atoms with Crippen molar-refractivity contribution in [2.45, 2.75) is 31.7 Å². The minimum absolute atomic E-state index is 0.0364. The molecular weight excluding hydrogens is 290 g/mol. The molecule has 0 saturated carbocycles. The molecule has 5 nitrogen and oxygen atoms in total. The van der Waals surface area contributed by atoms with Gasteiger partial charge in [0.25, 0.3) is 0 Å². The molecule has 1 unspecified atom stereocenters. The van der Waals surface area contributed by atoms with Gasteiger partial charge in [-0.15, -0.1) is 0 Å². The Balaban J connectivity index is 2.00. The Morgan fingerprint density at radius 3 is 2.95 bits per heavy atom. The standard InChI is InChI=1S/C15H22ClN3O2/c1-18(14-7-6-12(16)9-17-14)10-15(21)19-8-4-2-3-5-13(19)11-20/h6-7,9,13,20H,2-5,8,10-11H2,1H3. The smallest absolute Gasteiger partial charge is 0.242 e. The molecule has 1 amide bonds. The Morgan fingerprint density at radius 2 is 2.29 bits per heavy atom. The Labute approximate surface area is 130 Å². The maximum atomic E-state index is 12.5. The number of aliphatic hydroxyl groups excluding tert-OH is 1. The molecule has 1 atom stereocenters. The highest BCUT2D eigenvalue weighted by molar-refractivity contribution is 6.30. The molecule has 0 aliphatic carbocycles. The molecule has 1 saturated heterocycles. The van der Waals surface area contributed by atoms with Gasteiger partial charge in [-0.25, -0.2) is 4.98 Å². The van der Waals surface area contributed by atoms with Gasteiger partial charge in [-0.1, -0.05) is 24.4 Å². The molecule has 0 aromatic carbocycles. The van der Waals surface area contributed by atoms with Gasteiger partial charge in [0.15, 0.2) is 0 Å². The van der Waals surface area contributed by atoms with Crippen molar-refractivity contribution in [2.75, 3.05) is 31.6 Å². The lowest BCUT2D eigenvalue weighted by Gasteiger charge is -2.30. The lowest BCUT2D eigenvalue weighted by Crippen LogP contribution is -2.46. The lowest BCUT2D eigenvalue weighted by molar-refractivity contribution is -0.132. The average molecular weight is 312 g/mol. The second-order valence-corrected chi connectivity index (χ2v) is 5.90. The van der Waals surface area contributed by atoms with Gasteiger partial charge >= 0.3 is 0 Å². The summed E-state index contributed by atoms with van der Waals surface area (Å²) in [5.41, 5.74) is 0. The largest absolute Gasteiger partial charge is 0.394 e. The van der Waals surface area contributed by atoms with Crippen molar-refractivity contribution in [3.63, 3.8) is 0 Å². The number of nitrogens with zero attached hydrogens (tertiary/aromatic N) is 3. The third kappa shape index (κ3) is 4.32. The summed E-state index contributed by atoms with van der Waals surface area (Å²) < 4.78 is 0. The van der Waals surface area contributed by atoms with Crippen LogP contribution in [0.5, 0.6) is 0 Å². The van der Waals surface area contributed by atoms with Crippen LogP contribution in [0.4, 0.5) is 5.82 Å².